The average Bonchev–Trinajstić information content (AvgIpc) is 3.30. The topological polar surface area (TPSA) is 75.5 Å². The van der Waals surface area contributed by atoms with Crippen LogP contribution in [0.1, 0.15) is 31.4 Å². The molecule has 3 aromatic heterocycles. The monoisotopic (exact) mass is 444 g/mol. The lowest BCUT2D eigenvalue weighted by Gasteiger charge is -2.34. The molecule has 1 fully saturated rings. The van der Waals surface area contributed by atoms with Gasteiger partial charge in [-0.1, -0.05) is 0 Å². The number of carbonyl (C=O) groups excluding carboxylic acids is 2. The van der Waals surface area contributed by atoms with Gasteiger partial charge in [-0.05, 0) is 38.5 Å². The molecule has 4 heterocycles. The van der Waals surface area contributed by atoms with Gasteiger partial charge in [-0.15, -0.1) is 22.7 Å². The van der Waals surface area contributed by atoms with E-state index in [0.717, 1.165) is 25.0 Å². The highest BCUT2D eigenvalue weighted by atomic mass is 32.1. The lowest BCUT2D eigenvalue weighted by Crippen LogP contribution is -2.50. The van der Waals surface area contributed by atoms with E-state index in [2.05, 4.69) is 4.98 Å². The summed E-state index contributed by atoms with van der Waals surface area (Å²) in [5, 5.41) is 0.656. The van der Waals surface area contributed by atoms with E-state index in [1.165, 1.54) is 33.6 Å². The number of amides is 2. The van der Waals surface area contributed by atoms with Crippen LogP contribution < -0.4 is 5.56 Å². The molecule has 1 aliphatic rings. The molecule has 7 nitrogen and oxygen atoms in total. The summed E-state index contributed by atoms with van der Waals surface area (Å²) in [6.07, 6.45) is 1.78. The number of aryl methyl sites for hydroxylation is 4. The van der Waals surface area contributed by atoms with Gasteiger partial charge in [0.2, 0.25) is 5.91 Å². The zero-order chi connectivity index (χ0) is 21.4. The summed E-state index contributed by atoms with van der Waals surface area (Å²) < 4.78 is 1.53. The fourth-order valence-corrected chi connectivity index (χ4v) is 5.49. The first-order valence-electron chi connectivity index (χ1n) is 9.94. The minimum Gasteiger partial charge on any atom is -0.339 e. The lowest BCUT2D eigenvalue weighted by atomic mass is 10.2. The fraction of sp³-hybridized carbons (Fsp3) is 0.429. The quantitative estimate of drug-likeness (QED) is 0.620. The van der Waals surface area contributed by atoms with Crippen LogP contribution in [-0.4, -0.2) is 57.3 Å². The van der Waals surface area contributed by atoms with Gasteiger partial charge in [0.15, 0.2) is 0 Å². The van der Waals surface area contributed by atoms with E-state index >= 15 is 0 Å². The van der Waals surface area contributed by atoms with Gasteiger partial charge in [0.25, 0.3) is 11.5 Å². The van der Waals surface area contributed by atoms with Crippen LogP contribution in [-0.2, 0) is 11.3 Å². The van der Waals surface area contributed by atoms with Gasteiger partial charge in [-0.25, -0.2) is 4.98 Å². The highest BCUT2D eigenvalue weighted by Gasteiger charge is 2.25. The summed E-state index contributed by atoms with van der Waals surface area (Å²) in [7, 11) is 0. The first-order valence-corrected chi connectivity index (χ1v) is 11.6. The molecule has 0 aromatic carbocycles. The van der Waals surface area contributed by atoms with E-state index in [1.807, 2.05) is 32.9 Å². The van der Waals surface area contributed by atoms with E-state index in [9.17, 15) is 14.4 Å². The molecule has 158 valence electrons. The van der Waals surface area contributed by atoms with Crippen LogP contribution in [0, 0.1) is 20.8 Å². The number of hydrogen-bond donors (Lipinski definition) is 0. The van der Waals surface area contributed by atoms with Crippen LogP contribution >= 0.6 is 22.7 Å². The van der Waals surface area contributed by atoms with Gasteiger partial charge >= 0.3 is 0 Å². The molecule has 0 N–H and O–H groups in total. The van der Waals surface area contributed by atoms with Crippen LogP contribution in [0.4, 0.5) is 0 Å². The summed E-state index contributed by atoms with van der Waals surface area (Å²) in [6, 6.07) is 3.81. The third-order valence-electron chi connectivity index (χ3n) is 5.59. The van der Waals surface area contributed by atoms with E-state index < -0.39 is 0 Å². The van der Waals surface area contributed by atoms with Crippen molar-refractivity contribution >= 4 is 44.7 Å². The van der Waals surface area contributed by atoms with Crippen LogP contribution in [0.2, 0.25) is 0 Å². The van der Waals surface area contributed by atoms with Crippen LogP contribution in [0.3, 0.4) is 0 Å². The van der Waals surface area contributed by atoms with Crippen LogP contribution in [0.15, 0.2) is 23.3 Å². The first-order chi connectivity index (χ1) is 14.3. The standard InChI is InChI=1S/C21H24N4O3S2/c1-13-4-5-16(29-13)20(27)24-10-8-23(9-11-24)17(26)6-7-25-12-22-19-18(21(25)28)14(2)15(3)30-19/h4-5,12H,6-11H2,1-3H3. The Morgan fingerprint density at radius 1 is 1.03 bits per heavy atom. The number of carbonyl (C=O) groups is 2. The van der Waals surface area contributed by atoms with Gasteiger partial charge in [-0.2, -0.15) is 0 Å². The minimum absolute atomic E-state index is 0.000662. The Bertz CT molecular complexity index is 1170. The maximum absolute atomic E-state index is 12.8. The maximum Gasteiger partial charge on any atom is 0.264 e. The van der Waals surface area contributed by atoms with Crippen molar-refractivity contribution in [2.45, 2.75) is 33.7 Å². The van der Waals surface area contributed by atoms with E-state index in [1.54, 1.807) is 9.80 Å². The second-order valence-corrected chi connectivity index (χ2v) is 10.0. The molecule has 0 saturated carbocycles. The minimum atomic E-state index is -0.0868. The Kier molecular flexibility index (Phi) is 5.75. The summed E-state index contributed by atoms with van der Waals surface area (Å²) in [5.74, 6) is 0.0341. The Labute approximate surface area is 182 Å². The van der Waals surface area contributed by atoms with E-state index in [-0.39, 0.29) is 23.8 Å². The van der Waals surface area contributed by atoms with Gasteiger partial charge in [-0.3, -0.25) is 19.0 Å². The molecule has 4 rings (SSSR count). The fourth-order valence-electron chi connectivity index (χ4n) is 3.67. The SMILES string of the molecule is Cc1ccc(C(=O)N2CCN(C(=O)CCn3cnc4sc(C)c(C)c4c3=O)CC2)s1. The Balaban J connectivity index is 1.35. The highest BCUT2D eigenvalue weighted by Crippen LogP contribution is 2.25. The molecule has 9 heteroatoms. The van der Waals surface area contributed by atoms with Crippen molar-refractivity contribution in [3.8, 4) is 0 Å². The number of piperazine rings is 1. The number of nitrogens with zero attached hydrogens (tertiary/aromatic N) is 4. The number of aromatic nitrogens is 2. The zero-order valence-electron chi connectivity index (χ0n) is 17.3. The summed E-state index contributed by atoms with van der Waals surface area (Å²) in [4.78, 5) is 49.7. The molecule has 2 amide bonds. The molecule has 1 saturated heterocycles. The second-order valence-electron chi connectivity index (χ2n) is 7.54. The van der Waals surface area contributed by atoms with Gasteiger partial charge in [0.1, 0.15) is 4.83 Å². The predicted octanol–water partition coefficient (Wildman–Crippen LogP) is 2.82. The Morgan fingerprint density at radius 2 is 1.73 bits per heavy atom. The molecular formula is C21H24N4O3S2. The molecule has 0 atom stereocenters. The molecule has 0 bridgehead atoms. The molecule has 0 unspecified atom stereocenters. The highest BCUT2D eigenvalue weighted by molar-refractivity contribution is 7.18. The van der Waals surface area contributed by atoms with Crippen LogP contribution in [0.25, 0.3) is 10.2 Å². The normalized spacial score (nSPS) is 14.5. The van der Waals surface area contributed by atoms with Crippen LogP contribution in [0.5, 0.6) is 0 Å². The van der Waals surface area contributed by atoms with Crippen molar-refractivity contribution < 1.29 is 9.59 Å². The molecular weight excluding hydrogens is 420 g/mol. The van der Waals surface area contributed by atoms with Gasteiger partial charge in [0, 0.05) is 48.9 Å². The summed E-state index contributed by atoms with van der Waals surface area (Å²) in [5.41, 5.74) is 0.881. The van der Waals surface area contributed by atoms with Crippen molar-refractivity contribution in [3.05, 3.63) is 49.0 Å². The molecule has 0 aliphatic carbocycles. The van der Waals surface area contributed by atoms with Crippen molar-refractivity contribution in [1.82, 2.24) is 19.4 Å². The van der Waals surface area contributed by atoms with Crippen molar-refractivity contribution in [2.24, 2.45) is 0 Å². The van der Waals surface area contributed by atoms with Crippen molar-refractivity contribution in [1.29, 1.82) is 0 Å². The first kappa shape index (κ1) is 20.7. The smallest absolute Gasteiger partial charge is 0.264 e. The second kappa shape index (κ2) is 8.31. The van der Waals surface area contributed by atoms with Gasteiger partial charge < -0.3 is 9.80 Å². The lowest BCUT2D eigenvalue weighted by molar-refractivity contribution is -0.132. The summed E-state index contributed by atoms with van der Waals surface area (Å²) in [6.45, 7) is 8.31. The largest absolute Gasteiger partial charge is 0.339 e. The molecule has 1 aliphatic heterocycles. The third-order valence-corrected chi connectivity index (χ3v) is 7.70. The number of thiophene rings is 2. The zero-order valence-corrected chi connectivity index (χ0v) is 18.9. The number of hydrogen-bond acceptors (Lipinski definition) is 6. The van der Waals surface area contributed by atoms with E-state index in [0.29, 0.717) is 38.1 Å². The van der Waals surface area contributed by atoms with E-state index in [4.69, 9.17) is 0 Å². The summed E-state index contributed by atoms with van der Waals surface area (Å²) >= 11 is 3.02. The molecule has 0 spiro atoms. The Hall–Kier alpha value is -2.52. The van der Waals surface area contributed by atoms with Gasteiger partial charge in [0.05, 0.1) is 16.6 Å². The number of fused-ring (bicyclic) bond motifs is 1. The molecule has 3 aromatic rings. The third kappa shape index (κ3) is 3.91. The average molecular weight is 445 g/mol. The number of rotatable bonds is 4. The van der Waals surface area contributed by atoms with Crippen molar-refractivity contribution in [2.75, 3.05) is 26.2 Å². The predicted molar refractivity (Wildman–Crippen MR) is 120 cm³/mol. The Morgan fingerprint density at radius 3 is 2.40 bits per heavy atom. The molecule has 0 radical (unpaired) electrons. The maximum atomic E-state index is 12.8. The molecule has 30 heavy (non-hydrogen) atoms. The van der Waals surface area contributed by atoms with Crippen molar-refractivity contribution in [3.63, 3.8) is 0 Å².